The SMILES string of the molecule is CCOc1ccc(NC(=NC)NCCc2cccnc2)cc1OC. The van der Waals surface area contributed by atoms with Crippen LogP contribution in [0.4, 0.5) is 5.69 Å². The first-order valence-electron chi connectivity index (χ1n) is 7.94. The number of ether oxygens (including phenoxy) is 2. The Kier molecular flexibility index (Phi) is 6.89. The molecule has 6 heteroatoms. The Morgan fingerprint density at radius 1 is 1.25 bits per heavy atom. The molecule has 0 aliphatic heterocycles. The smallest absolute Gasteiger partial charge is 0.195 e. The van der Waals surface area contributed by atoms with Gasteiger partial charge in [0, 0.05) is 37.7 Å². The molecule has 1 heterocycles. The summed E-state index contributed by atoms with van der Waals surface area (Å²) in [5.74, 6) is 2.11. The zero-order valence-corrected chi connectivity index (χ0v) is 14.4. The first-order chi connectivity index (χ1) is 11.8. The van der Waals surface area contributed by atoms with E-state index in [1.807, 2.05) is 37.4 Å². The summed E-state index contributed by atoms with van der Waals surface area (Å²) in [4.78, 5) is 8.35. The maximum absolute atomic E-state index is 5.52. The molecule has 0 unspecified atom stereocenters. The van der Waals surface area contributed by atoms with Crippen molar-refractivity contribution in [2.45, 2.75) is 13.3 Å². The molecule has 0 spiro atoms. The molecule has 0 saturated heterocycles. The van der Waals surface area contributed by atoms with Crippen LogP contribution >= 0.6 is 0 Å². The second-order valence-electron chi connectivity index (χ2n) is 5.03. The molecule has 0 aliphatic carbocycles. The molecule has 0 atom stereocenters. The number of aliphatic imine (C=N–C) groups is 1. The third kappa shape index (κ3) is 5.15. The van der Waals surface area contributed by atoms with Gasteiger partial charge in [-0.05, 0) is 37.1 Å². The summed E-state index contributed by atoms with van der Waals surface area (Å²) in [7, 11) is 3.37. The van der Waals surface area contributed by atoms with E-state index in [0.717, 1.165) is 24.4 Å². The van der Waals surface area contributed by atoms with Gasteiger partial charge in [0.15, 0.2) is 17.5 Å². The average molecular weight is 328 g/mol. The van der Waals surface area contributed by atoms with Crippen molar-refractivity contribution in [3.63, 3.8) is 0 Å². The Labute approximate surface area is 142 Å². The predicted octanol–water partition coefficient (Wildman–Crippen LogP) is 2.72. The van der Waals surface area contributed by atoms with Crippen molar-refractivity contribution in [3.8, 4) is 11.5 Å². The maximum Gasteiger partial charge on any atom is 0.195 e. The molecule has 0 bridgehead atoms. The van der Waals surface area contributed by atoms with Crippen molar-refractivity contribution in [2.75, 3.05) is 32.6 Å². The molecule has 1 aromatic heterocycles. The van der Waals surface area contributed by atoms with Gasteiger partial charge in [-0.1, -0.05) is 6.07 Å². The number of benzene rings is 1. The van der Waals surface area contributed by atoms with Gasteiger partial charge in [-0.3, -0.25) is 9.98 Å². The molecule has 2 rings (SSSR count). The summed E-state index contributed by atoms with van der Waals surface area (Å²) in [6, 6.07) is 9.70. The quantitative estimate of drug-likeness (QED) is 0.604. The number of hydrogen-bond donors (Lipinski definition) is 2. The van der Waals surface area contributed by atoms with Crippen LogP contribution in [0.25, 0.3) is 0 Å². The fraction of sp³-hybridized carbons (Fsp3) is 0.333. The molecule has 6 nitrogen and oxygen atoms in total. The van der Waals surface area contributed by atoms with E-state index in [1.165, 1.54) is 5.56 Å². The van der Waals surface area contributed by atoms with Gasteiger partial charge < -0.3 is 20.1 Å². The summed E-state index contributed by atoms with van der Waals surface area (Å²) in [5, 5.41) is 6.53. The van der Waals surface area contributed by atoms with Crippen molar-refractivity contribution in [1.29, 1.82) is 0 Å². The Balaban J connectivity index is 1.92. The van der Waals surface area contributed by atoms with Crippen LogP contribution in [0.2, 0.25) is 0 Å². The molecular weight excluding hydrogens is 304 g/mol. The molecule has 128 valence electrons. The van der Waals surface area contributed by atoms with E-state index in [4.69, 9.17) is 9.47 Å². The van der Waals surface area contributed by atoms with Crippen molar-refractivity contribution < 1.29 is 9.47 Å². The number of aromatic nitrogens is 1. The van der Waals surface area contributed by atoms with Crippen LogP contribution in [0, 0.1) is 0 Å². The number of nitrogens with zero attached hydrogens (tertiary/aromatic N) is 2. The molecule has 24 heavy (non-hydrogen) atoms. The fourth-order valence-electron chi connectivity index (χ4n) is 2.21. The first-order valence-corrected chi connectivity index (χ1v) is 7.94. The van der Waals surface area contributed by atoms with E-state index in [0.29, 0.717) is 18.3 Å². The van der Waals surface area contributed by atoms with Crippen molar-refractivity contribution in [2.24, 2.45) is 4.99 Å². The minimum atomic E-state index is 0.598. The predicted molar refractivity (Wildman–Crippen MR) is 97.1 cm³/mol. The largest absolute Gasteiger partial charge is 0.493 e. The monoisotopic (exact) mass is 328 g/mol. The van der Waals surface area contributed by atoms with Crippen LogP contribution < -0.4 is 20.1 Å². The molecule has 0 saturated carbocycles. The van der Waals surface area contributed by atoms with E-state index in [2.05, 4.69) is 26.7 Å². The number of hydrogen-bond acceptors (Lipinski definition) is 4. The van der Waals surface area contributed by atoms with Gasteiger partial charge in [0.25, 0.3) is 0 Å². The zero-order valence-electron chi connectivity index (χ0n) is 14.4. The fourth-order valence-corrected chi connectivity index (χ4v) is 2.21. The van der Waals surface area contributed by atoms with Gasteiger partial charge >= 0.3 is 0 Å². The van der Waals surface area contributed by atoms with E-state index >= 15 is 0 Å². The van der Waals surface area contributed by atoms with E-state index in [9.17, 15) is 0 Å². The zero-order chi connectivity index (χ0) is 17.2. The lowest BCUT2D eigenvalue weighted by Gasteiger charge is -2.14. The van der Waals surface area contributed by atoms with Gasteiger partial charge in [0.05, 0.1) is 13.7 Å². The number of guanidine groups is 1. The normalized spacial score (nSPS) is 11.0. The molecule has 0 radical (unpaired) electrons. The number of rotatable bonds is 7. The number of anilines is 1. The van der Waals surface area contributed by atoms with Crippen molar-refractivity contribution in [3.05, 3.63) is 48.3 Å². The lowest BCUT2D eigenvalue weighted by Crippen LogP contribution is -2.32. The molecule has 2 aromatic rings. The lowest BCUT2D eigenvalue weighted by atomic mass is 10.2. The van der Waals surface area contributed by atoms with Crippen LogP contribution in [-0.2, 0) is 6.42 Å². The Morgan fingerprint density at radius 3 is 2.79 bits per heavy atom. The number of pyridine rings is 1. The standard InChI is InChI=1S/C18H24N4O2/c1-4-24-16-8-7-15(12-17(16)23-3)22-18(19-2)21-11-9-14-6-5-10-20-13-14/h5-8,10,12-13H,4,9,11H2,1-3H3,(H2,19,21,22). The van der Waals surface area contributed by atoms with Gasteiger partial charge in [-0.2, -0.15) is 0 Å². The summed E-state index contributed by atoms with van der Waals surface area (Å²) in [6.07, 6.45) is 4.52. The van der Waals surface area contributed by atoms with Crippen molar-refractivity contribution >= 4 is 11.6 Å². The van der Waals surface area contributed by atoms with Crippen LogP contribution in [0.3, 0.4) is 0 Å². The van der Waals surface area contributed by atoms with Gasteiger partial charge in [-0.25, -0.2) is 0 Å². The van der Waals surface area contributed by atoms with Crippen molar-refractivity contribution in [1.82, 2.24) is 10.3 Å². The number of nitrogens with one attached hydrogen (secondary N) is 2. The van der Waals surface area contributed by atoms with E-state index in [-0.39, 0.29) is 0 Å². The first kappa shape index (κ1) is 17.6. The highest BCUT2D eigenvalue weighted by Crippen LogP contribution is 2.30. The summed E-state index contributed by atoms with van der Waals surface area (Å²) in [6.45, 7) is 3.31. The van der Waals surface area contributed by atoms with Crippen LogP contribution in [-0.4, -0.2) is 38.3 Å². The molecule has 0 fully saturated rings. The number of methoxy groups -OCH3 is 1. The second kappa shape index (κ2) is 9.39. The van der Waals surface area contributed by atoms with Crippen LogP contribution in [0.1, 0.15) is 12.5 Å². The third-order valence-electron chi connectivity index (χ3n) is 3.38. The highest BCUT2D eigenvalue weighted by molar-refractivity contribution is 5.93. The highest BCUT2D eigenvalue weighted by atomic mass is 16.5. The second-order valence-corrected chi connectivity index (χ2v) is 5.03. The van der Waals surface area contributed by atoms with E-state index < -0.39 is 0 Å². The Morgan fingerprint density at radius 2 is 2.12 bits per heavy atom. The lowest BCUT2D eigenvalue weighted by molar-refractivity contribution is 0.311. The van der Waals surface area contributed by atoms with E-state index in [1.54, 1.807) is 20.4 Å². The van der Waals surface area contributed by atoms with Crippen LogP contribution in [0.15, 0.2) is 47.7 Å². The molecule has 1 aromatic carbocycles. The van der Waals surface area contributed by atoms with Gasteiger partial charge in [0.1, 0.15) is 0 Å². The minimum absolute atomic E-state index is 0.598. The van der Waals surface area contributed by atoms with Gasteiger partial charge in [-0.15, -0.1) is 0 Å². The Hall–Kier alpha value is -2.76. The average Bonchev–Trinajstić information content (AvgIpc) is 2.63. The molecular formula is C18H24N4O2. The highest BCUT2D eigenvalue weighted by Gasteiger charge is 2.06. The minimum Gasteiger partial charge on any atom is -0.493 e. The summed E-state index contributed by atoms with van der Waals surface area (Å²) < 4.78 is 10.9. The molecule has 0 aliphatic rings. The maximum atomic E-state index is 5.52. The summed E-state index contributed by atoms with van der Waals surface area (Å²) in [5.41, 5.74) is 2.06. The topological polar surface area (TPSA) is 67.8 Å². The van der Waals surface area contributed by atoms with Crippen LogP contribution in [0.5, 0.6) is 11.5 Å². The third-order valence-corrected chi connectivity index (χ3v) is 3.38. The summed E-state index contributed by atoms with van der Waals surface area (Å²) >= 11 is 0. The Bertz CT molecular complexity index is 659. The molecule has 2 N–H and O–H groups in total. The van der Waals surface area contributed by atoms with Gasteiger partial charge in [0.2, 0.25) is 0 Å². The molecule has 0 amide bonds.